The fraction of sp³-hybridized carbons (Fsp3) is 0.375. The summed E-state index contributed by atoms with van der Waals surface area (Å²) in [6.07, 6.45) is 3.03. The number of methoxy groups -OCH3 is 1. The summed E-state index contributed by atoms with van der Waals surface area (Å²) in [5.41, 5.74) is 0.666. The molecule has 0 heterocycles. The van der Waals surface area contributed by atoms with Crippen molar-refractivity contribution in [2.24, 2.45) is 5.92 Å². The summed E-state index contributed by atoms with van der Waals surface area (Å²) < 4.78 is 4.67. The van der Waals surface area contributed by atoms with Gasteiger partial charge in [0.1, 0.15) is 0 Å². The minimum absolute atomic E-state index is 0.200. The van der Waals surface area contributed by atoms with Crippen LogP contribution in [0.4, 0.5) is 0 Å². The molecular weight excluding hydrogens is 325 g/mol. The van der Waals surface area contributed by atoms with Crippen LogP contribution in [-0.2, 0) is 14.3 Å². The van der Waals surface area contributed by atoms with Crippen molar-refractivity contribution in [3.05, 3.63) is 39.9 Å². The fourth-order valence-electron chi connectivity index (χ4n) is 1.89. The first-order valence-corrected chi connectivity index (χ1v) is 7.64. The number of rotatable bonds is 6. The third-order valence-electron chi connectivity index (χ3n) is 3.15. The van der Waals surface area contributed by atoms with E-state index < -0.39 is 0 Å². The lowest BCUT2D eigenvalue weighted by Gasteiger charge is -2.22. The highest BCUT2D eigenvalue weighted by Crippen LogP contribution is 2.21. The molecule has 120 valence electrons. The van der Waals surface area contributed by atoms with Crippen molar-refractivity contribution in [1.82, 2.24) is 4.90 Å². The van der Waals surface area contributed by atoms with E-state index in [4.69, 9.17) is 23.2 Å². The number of ether oxygens (including phenoxy) is 1. The van der Waals surface area contributed by atoms with E-state index in [9.17, 15) is 9.59 Å². The maximum Gasteiger partial charge on any atom is 0.310 e. The van der Waals surface area contributed by atoms with Gasteiger partial charge in [0, 0.05) is 29.2 Å². The Morgan fingerprint density at radius 3 is 2.64 bits per heavy atom. The van der Waals surface area contributed by atoms with Crippen LogP contribution in [0, 0.1) is 5.92 Å². The molecule has 4 nitrogen and oxygen atoms in total. The van der Waals surface area contributed by atoms with Crippen LogP contribution in [0.15, 0.2) is 24.3 Å². The predicted octanol–water partition coefficient (Wildman–Crippen LogP) is 3.66. The van der Waals surface area contributed by atoms with Crippen molar-refractivity contribution < 1.29 is 14.3 Å². The van der Waals surface area contributed by atoms with Crippen LogP contribution >= 0.6 is 23.2 Å². The average Bonchev–Trinajstić information content (AvgIpc) is 2.51. The molecule has 1 rings (SSSR count). The number of halogens is 2. The van der Waals surface area contributed by atoms with E-state index in [1.807, 2.05) is 6.92 Å². The minimum Gasteiger partial charge on any atom is -0.469 e. The number of amides is 1. The van der Waals surface area contributed by atoms with Crippen LogP contribution in [0.1, 0.15) is 19.4 Å². The predicted molar refractivity (Wildman–Crippen MR) is 88.9 cm³/mol. The second-order valence-corrected chi connectivity index (χ2v) is 5.64. The van der Waals surface area contributed by atoms with E-state index in [0.29, 0.717) is 28.7 Å². The normalized spacial score (nSPS) is 12.2. The molecule has 1 amide bonds. The highest BCUT2D eigenvalue weighted by Gasteiger charge is 2.19. The SMILES string of the molecule is CCN(CC(C)C(=O)OC)C(=O)/C=C/c1cc(Cl)ccc1Cl. The molecule has 0 radical (unpaired) electrons. The Kier molecular flexibility index (Phi) is 7.42. The lowest BCUT2D eigenvalue weighted by atomic mass is 10.1. The van der Waals surface area contributed by atoms with Gasteiger partial charge < -0.3 is 9.64 Å². The standard InChI is InChI=1S/C16H19Cl2NO3/c1-4-19(10-11(2)16(21)22-3)15(20)8-5-12-9-13(17)6-7-14(12)18/h5-9,11H,4,10H2,1-3H3/b8-5+. The molecule has 1 atom stereocenters. The largest absolute Gasteiger partial charge is 0.469 e. The Hall–Kier alpha value is -1.52. The summed E-state index contributed by atoms with van der Waals surface area (Å²) in [6, 6.07) is 5.03. The quantitative estimate of drug-likeness (QED) is 0.584. The Labute approximate surface area is 140 Å². The highest BCUT2D eigenvalue weighted by molar-refractivity contribution is 6.34. The van der Waals surface area contributed by atoms with Crippen molar-refractivity contribution in [3.8, 4) is 0 Å². The van der Waals surface area contributed by atoms with Crippen LogP contribution in [0.2, 0.25) is 10.0 Å². The van der Waals surface area contributed by atoms with Gasteiger partial charge in [0.2, 0.25) is 5.91 Å². The molecular formula is C16H19Cl2NO3. The number of likely N-dealkylation sites (N-methyl/N-ethyl adjacent to an activating group) is 1. The van der Waals surface area contributed by atoms with Crippen LogP contribution in [0.25, 0.3) is 6.08 Å². The zero-order chi connectivity index (χ0) is 16.7. The van der Waals surface area contributed by atoms with Gasteiger partial charge in [-0.05, 0) is 36.8 Å². The molecule has 0 bridgehead atoms. The van der Waals surface area contributed by atoms with Gasteiger partial charge in [-0.15, -0.1) is 0 Å². The second-order valence-electron chi connectivity index (χ2n) is 4.80. The Balaban J connectivity index is 2.78. The lowest BCUT2D eigenvalue weighted by Crippen LogP contribution is -2.36. The van der Waals surface area contributed by atoms with E-state index in [1.54, 1.807) is 36.1 Å². The number of nitrogens with zero attached hydrogens (tertiary/aromatic N) is 1. The molecule has 1 unspecified atom stereocenters. The number of hydrogen-bond donors (Lipinski definition) is 0. The molecule has 0 spiro atoms. The zero-order valence-electron chi connectivity index (χ0n) is 12.8. The molecule has 0 aliphatic rings. The van der Waals surface area contributed by atoms with Crippen LogP contribution < -0.4 is 0 Å². The van der Waals surface area contributed by atoms with E-state index in [1.165, 1.54) is 13.2 Å². The Morgan fingerprint density at radius 2 is 2.05 bits per heavy atom. The highest BCUT2D eigenvalue weighted by atomic mass is 35.5. The van der Waals surface area contributed by atoms with Gasteiger partial charge in [-0.25, -0.2) is 0 Å². The molecule has 0 N–H and O–H groups in total. The van der Waals surface area contributed by atoms with Crippen molar-refractivity contribution in [3.63, 3.8) is 0 Å². The summed E-state index contributed by atoms with van der Waals surface area (Å²) in [6.45, 7) is 4.37. The van der Waals surface area contributed by atoms with Gasteiger partial charge in [-0.2, -0.15) is 0 Å². The van der Waals surface area contributed by atoms with Gasteiger partial charge in [-0.3, -0.25) is 9.59 Å². The summed E-state index contributed by atoms with van der Waals surface area (Å²) >= 11 is 11.9. The number of benzene rings is 1. The van der Waals surface area contributed by atoms with Gasteiger partial charge >= 0.3 is 5.97 Å². The third kappa shape index (κ3) is 5.35. The average molecular weight is 344 g/mol. The minimum atomic E-state index is -0.378. The van der Waals surface area contributed by atoms with Crippen molar-refractivity contribution in [2.45, 2.75) is 13.8 Å². The first kappa shape index (κ1) is 18.5. The molecule has 1 aromatic rings. The zero-order valence-corrected chi connectivity index (χ0v) is 14.3. The van der Waals surface area contributed by atoms with Crippen molar-refractivity contribution in [2.75, 3.05) is 20.2 Å². The molecule has 1 aromatic carbocycles. The summed E-state index contributed by atoms with van der Waals surface area (Å²) in [5, 5.41) is 1.06. The summed E-state index contributed by atoms with van der Waals surface area (Å²) in [4.78, 5) is 25.2. The monoisotopic (exact) mass is 343 g/mol. The maximum atomic E-state index is 12.2. The molecule has 0 saturated carbocycles. The topological polar surface area (TPSA) is 46.6 Å². The summed E-state index contributed by atoms with van der Waals surface area (Å²) in [7, 11) is 1.33. The second kappa shape index (κ2) is 8.81. The number of hydrogen-bond acceptors (Lipinski definition) is 3. The van der Waals surface area contributed by atoms with Crippen LogP contribution in [0.5, 0.6) is 0 Å². The molecule has 0 fully saturated rings. The number of esters is 1. The number of carbonyl (C=O) groups excluding carboxylic acids is 2. The smallest absolute Gasteiger partial charge is 0.310 e. The third-order valence-corrected chi connectivity index (χ3v) is 3.73. The van der Waals surface area contributed by atoms with Gasteiger partial charge in [0.05, 0.1) is 13.0 Å². The van der Waals surface area contributed by atoms with E-state index in [-0.39, 0.29) is 17.8 Å². The van der Waals surface area contributed by atoms with E-state index in [2.05, 4.69) is 4.74 Å². The fourth-order valence-corrected chi connectivity index (χ4v) is 2.25. The van der Waals surface area contributed by atoms with Gasteiger partial charge in [0.15, 0.2) is 0 Å². The Bertz CT molecular complexity index is 573. The summed E-state index contributed by atoms with van der Waals surface area (Å²) in [5.74, 6) is -0.917. The van der Waals surface area contributed by atoms with E-state index >= 15 is 0 Å². The number of carbonyl (C=O) groups is 2. The van der Waals surface area contributed by atoms with E-state index in [0.717, 1.165) is 0 Å². The Morgan fingerprint density at radius 1 is 1.36 bits per heavy atom. The van der Waals surface area contributed by atoms with Crippen LogP contribution in [0.3, 0.4) is 0 Å². The van der Waals surface area contributed by atoms with Crippen molar-refractivity contribution >= 4 is 41.2 Å². The van der Waals surface area contributed by atoms with Gasteiger partial charge in [-0.1, -0.05) is 30.1 Å². The molecule has 6 heteroatoms. The first-order chi connectivity index (χ1) is 10.4. The van der Waals surface area contributed by atoms with Crippen molar-refractivity contribution in [1.29, 1.82) is 0 Å². The van der Waals surface area contributed by atoms with Gasteiger partial charge in [0.25, 0.3) is 0 Å². The molecule has 0 aromatic heterocycles. The molecule has 0 aliphatic heterocycles. The molecule has 0 aliphatic carbocycles. The lowest BCUT2D eigenvalue weighted by molar-refractivity contribution is -0.146. The maximum absolute atomic E-state index is 12.2. The molecule has 0 saturated heterocycles. The first-order valence-electron chi connectivity index (χ1n) is 6.88. The molecule has 22 heavy (non-hydrogen) atoms. The van der Waals surface area contributed by atoms with Crippen LogP contribution in [-0.4, -0.2) is 37.0 Å².